The third kappa shape index (κ3) is 4.80. The number of ether oxygens (including phenoxy) is 1. The van der Waals surface area contributed by atoms with Gasteiger partial charge in [0.25, 0.3) is 0 Å². The molecule has 0 amide bonds. The summed E-state index contributed by atoms with van der Waals surface area (Å²) < 4.78 is 34.6. The third-order valence-corrected chi connectivity index (χ3v) is 9.49. The summed E-state index contributed by atoms with van der Waals surface area (Å²) >= 11 is 1.53. The van der Waals surface area contributed by atoms with E-state index < -0.39 is 10.0 Å². The quantitative estimate of drug-likeness (QED) is 0.399. The summed E-state index contributed by atoms with van der Waals surface area (Å²) in [4.78, 5) is 17.8. The molecule has 2 aromatic heterocycles. The highest BCUT2D eigenvalue weighted by Gasteiger charge is 2.34. The lowest BCUT2D eigenvalue weighted by Crippen LogP contribution is -2.36. The number of thiophene rings is 1. The van der Waals surface area contributed by atoms with Crippen LogP contribution in [-0.4, -0.2) is 36.1 Å². The molecule has 0 saturated carbocycles. The van der Waals surface area contributed by atoms with E-state index in [0.29, 0.717) is 12.2 Å². The Kier molecular flexibility index (Phi) is 7.21. The van der Waals surface area contributed by atoms with Gasteiger partial charge in [0, 0.05) is 23.5 Å². The van der Waals surface area contributed by atoms with Gasteiger partial charge in [-0.1, -0.05) is 32.0 Å². The van der Waals surface area contributed by atoms with Crippen LogP contribution in [0.2, 0.25) is 0 Å². The molecule has 0 bridgehead atoms. The zero-order valence-corrected chi connectivity index (χ0v) is 21.6. The Labute approximate surface area is 205 Å². The molecule has 0 N–H and O–H groups in total. The van der Waals surface area contributed by atoms with E-state index in [-0.39, 0.29) is 35.8 Å². The second-order valence-electron chi connectivity index (χ2n) is 8.67. The van der Waals surface area contributed by atoms with Crippen LogP contribution in [0.1, 0.15) is 70.8 Å². The molecule has 1 aromatic carbocycles. The maximum Gasteiger partial charge on any atom is 0.248 e. The third-order valence-electron chi connectivity index (χ3n) is 6.37. The van der Waals surface area contributed by atoms with E-state index in [1.54, 1.807) is 19.2 Å². The summed E-state index contributed by atoms with van der Waals surface area (Å²) in [5.41, 5.74) is 3.12. The maximum absolute atomic E-state index is 13.5. The monoisotopic (exact) mass is 498 g/mol. The van der Waals surface area contributed by atoms with Gasteiger partial charge >= 0.3 is 0 Å². The van der Waals surface area contributed by atoms with Gasteiger partial charge in [-0.15, -0.1) is 11.3 Å². The number of aryl methyl sites for hydroxylation is 1. The molecule has 1 aliphatic heterocycles. The number of hydrogen-bond acceptors (Lipinski definition) is 6. The SMILES string of the molecule is CCC(c1ccc(C)c(CN2C[C@@H](CC)Oc3ccncc3S2(=O)=O)c1)c1ccc(C(C)=O)s1. The molecule has 0 spiro atoms. The molecule has 3 heterocycles. The highest BCUT2D eigenvalue weighted by molar-refractivity contribution is 7.89. The number of aromatic nitrogens is 1. The Morgan fingerprint density at radius 2 is 2.03 bits per heavy atom. The van der Waals surface area contributed by atoms with Crippen molar-refractivity contribution >= 4 is 27.1 Å². The summed E-state index contributed by atoms with van der Waals surface area (Å²) in [6, 6.07) is 11.8. The summed E-state index contributed by atoms with van der Waals surface area (Å²) in [5.74, 6) is 0.583. The van der Waals surface area contributed by atoms with Crippen LogP contribution in [0.15, 0.2) is 53.7 Å². The molecule has 1 aliphatic rings. The highest BCUT2D eigenvalue weighted by atomic mass is 32.2. The lowest BCUT2D eigenvalue weighted by atomic mass is 9.92. The first-order valence-electron chi connectivity index (χ1n) is 11.6. The number of benzene rings is 1. The number of pyridine rings is 1. The summed E-state index contributed by atoms with van der Waals surface area (Å²) in [5, 5.41) is 0. The Morgan fingerprint density at radius 3 is 2.71 bits per heavy atom. The fourth-order valence-electron chi connectivity index (χ4n) is 4.30. The fourth-order valence-corrected chi connectivity index (χ4v) is 6.93. The lowest BCUT2D eigenvalue weighted by molar-refractivity contribution is 0.102. The van der Waals surface area contributed by atoms with Crippen molar-refractivity contribution in [2.24, 2.45) is 0 Å². The molecule has 0 radical (unpaired) electrons. The first kappa shape index (κ1) is 24.6. The molecular formula is C26H30N2O4S2. The number of nitrogens with zero attached hydrogens (tertiary/aromatic N) is 2. The van der Waals surface area contributed by atoms with Crippen LogP contribution in [0, 0.1) is 6.92 Å². The molecule has 1 unspecified atom stereocenters. The zero-order valence-electron chi connectivity index (χ0n) is 19.9. The lowest BCUT2D eigenvalue weighted by Gasteiger charge is -2.24. The molecule has 0 aliphatic carbocycles. The molecule has 34 heavy (non-hydrogen) atoms. The van der Waals surface area contributed by atoms with Gasteiger partial charge in [-0.25, -0.2) is 8.42 Å². The van der Waals surface area contributed by atoms with Crippen LogP contribution in [-0.2, 0) is 16.6 Å². The normalized spacial score (nSPS) is 18.5. The van der Waals surface area contributed by atoms with Gasteiger partial charge in [-0.2, -0.15) is 4.31 Å². The summed E-state index contributed by atoms with van der Waals surface area (Å²) in [7, 11) is -3.76. The number of fused-ring (bicyclic) bond motifs is 1. The minimum absolute atomic E-state index is 0.0736. The Hall–Kier alpha value is -2.55. The van der Waals surface area contributed by atoms with Crippen molar-refractivity contribution < 1.29 is 17.9 Å². The van der Waals surface area contributed by atoms with Crippen LogP contribution in [0.25, 0.3) is 0 Å². The number of hydrogen-bond donors (Lipinski definition) is 0. The largest absolute Gasteiger partial charge is 0.488 e. The van der Waals surface area contributed by atoms with E-state index >= 15 is 0 Å². The minimum Gasteiger partial charge on any atom is -0.488 e. The smallest absolute Gasteiger partial charge is 0.248 e. The van der Waals surface area contributed by atoms with Gasteiger partial charge in [0.15, 0.2) is 5.78 Å². The Balaban J connectivity index is 1.69. The van der Waals surface area contributed by atoms with Gasteiger partial charge < -0.3 is 4.74 Å². The van der Waals surface area contributed by atoms with E-state index in [9.17, 15) is 13.2 Å². The molecule has 2 atom stereocenters. The first-order chi connectivity index (χ1) is 16.2. The number of carbonyl (C=O) groups excluding carboxylic acids is 1. The van der Waals surface area contributed by atoms with Crippen molar-refractivity contribution in [3.8, 4) is 5.75 Å². The molecule has 180 valence electrons. The standard InChI is InChI=1S/C26H30N2O4S2/c1-5-21-16-28(34(30,31)26-14-27-12-11-23(26)32-21)15-20-13-19(8-7-17(20)3)22(6-2)25-10-9-24(33-25)18(4)29/h7-14,21-22H,5-6,15-16H2,1-4H3/t21-,22?/m1/s1. The van der Waals surface area contributed by atoms with Crippen molar-refractivity contribution in [1.82, 2.24) is 9.29 Å². The molecule has 6 nitrogen and oxygen atoms in total. The Morgan fingerprint density at radius 1 is 1.24 bits per heavy atom. The second kappa shape index (κ2) is 9.98. The number of Topliss-reactive ketones (excluding diaryl/α,β-unsaturated/α-hetero) is 1. The van der Waals surface area contributed by atoms with Crippen molar-refractivity contribution in [2.75, 3.05) is 6.54 Å². The van der Waals surface area contributed by atoms with Crippen molar-refractivity contribution in [3.05, 3.63) is 75.2 Å². The molecule has 0 fully saturated rings. The van der Waals surface area contributed by atoms with Gasteiger partial charge in [-0.05, 0) is 61.6 Å². The van der Waals surface area contributed by atoms with Crippen LogP contribution < -0.4 is 4.74 Å². The number of sulfonamides is 1. The summed E-state index contributed by atoms with van der Waals surface area (Å²) in [6.45, 7) is 8.26. The number of carbonyl (C=O) groups is 1. The molecular weight excluding hydrogens is 468 g/mol. The van der Waals surface area contributed by atoms with Crippen LogP contribution in [0.3, 0.4) is 0 Å². The number of ketones is 1. The average Bonchev–Trinajstić information content (AvgIpc) is 3.27. The molecule has 8 heteroatoms. The molecule has 3 aromatic rings. The minimum atomic E-state index is -3.76. The fraction of sp³-hybridized carbons (Fsp3) is 0.385. The van der Waals surface area contributed by atoms with Crippen molar-refractivity contribution in [3.63, 3.8) is 0 Å². The topological polar surface area (TPSA) is 76.6 Å². The van der Waals surface area contributed by atoms with E-state index in [1.165, 1.54) is 21.8 Å². The van der Waals surface area contributed by atoms with Crippen molar-refractivity contribution in [2.45, 2.75) is 64.0 Å². The zero-order chi connectivity index (χ0) is 24.5. The number of rotatable bonds is 7. The van der Waals surface area contributed by atoms with Gasteiger partial charge in [0.05, 0.1) is 17.6 Å². The summed E-state index contributed by atoms with van der Waals surface area (Å²) in [6.07, 6.45) is 4.27. The van der Waals surface area contributed by atoms with E-state index in [0.717, 1.165) is 32.9 Å². The van der Waals surface area contributed by atoms with E-state index in [2.05, 4.69) is 30.1 Å². The van der Waals surface area contributed by atoms with Crippen LogP contribution >= 0.6 is 11.3 Å². The van der Waals surface area contributed by atoms with E-state index in [4.69, 9.17) is 4.74 Å². The highest BCUT2D eigenvalue weighted by Crippen LogP contribution is 2.36. The predicted molar refractivity (Wildman–Crippen MR) is 134 cm³/mol. The van der Waals surface area contributed by atoms with Gasteiger partial charge in [0.2, 0.25) is 10.0 Å². The maximum atomic E-state index is 13.5. The van der Waals surface area contributed by atoms with Crippen LogP contribution in [0.4, 0.5) is 0 Å². The average molecular weight is 499 g/mol. The second-order valence-corrected chi connectivity index (χ2v) is 11.7. The van der Waals surface area contributed by atoms with Gasteiger partial charge in [0.1, 0.15) is 16.7 Å². The molecule has 0 saturated heterocycles. The molecule has 4 rings (SSSR count). The van der Waals surface area contributed by atoms with Gasteiger partial charge in [-0.3, -0.25) is 9.78 Å². The Bertz CT molecular complexity index is 1300. The van der Waals surface area contributed by atoms with E-state index in [1.807, 2.05) is 26.0 Å². The van der Waals surface area contributed by atoms with Crippen LogP contribution in [0.5, 0.6) is 5.75 Å². The van der Waals surface area contributed by atoms with Crippen molar-refractivity contribution in [1.29, 1.82) is 0 Å². The predicted octanol–water partition coefficient (Wildman–Crippen LogP) is 5.56. The first-order valence-corrected chi connectivity index (χ1v) is 13.8.